The number of rotatable bonds is 11. The number of ketones is 1. The summed E-state index contributed by atoms with van der Waals surface area (Å²) in [6.45, 7) is 6.40. The predicted octanol–water partition coefficient (Wildman–Crippen LogP) is 3.09. The lowest BCUT2D eigenvalue weighted by Crippen LogP contribution is -2.35. The molecule has 0 radical (unpaired) electrons. The first-order chi connectivity index (χ1) is 11.0. The number of hydrogen-bond acceptors (Lipinski definition) is 4. The van der Waals surface area contributed by atoms with Crippen molar-refractivity contribution in [1.82, 2.24) is 4.90 Å². The quantitative estimate of drug-likeness (QED) is 0.634. The van der Waals surface area contributed by atoms with Crippen molar-refractivity contribution in [2.45, 2.75) is 33.1 Å². The molecule has 0 heterocycles. The fourth-order valence-corrected chi connectivity index (χ4v) is 2.68. The van der Waals surface area contributed by atoms with Gasteiger partial charge in [0.05, 0.1) is 13.5 Å². The van der Waals surface area contributed by atoms with Crippen LogP contribution in [0.4, 0.5) is 0 Å². The topological polar surface area (TPSA) is 66.8 Å². The molecule has 5 heteroatoms. The van der Waals surface area contributed by atoms with E-state index in [0.717, 1.165) is 25.9 Å². The highest BCUT2D eigenvalue weighted by molar-refractivity contribution is 5.99. The fraction of sp³-hybridized carbons (Fsp3) is 0.556. The highest BCUT2D eigenvalue weighted by atomic mass is 16.5. The van der Waals surface area contributed by atoms with E-state index in [4.69, 9.17) is 9.84 Å². The summed E-state index contributed by atoms with van der Waals surface area (Å²) in [5, 5.41) is 9.14. The molecule has 0 saturated heterocycles. The fourth-order valence-electron chi connectivity index (χ4n) is 2.68. The van der Waals surface area contributed by atoms with Crippen molar-refractivity contribution in [1.29, 1.82) is 0 Å². The second-order valence-electron chi connectivity index (χ2n) is 5.69. The van der Waals surface area contributed by atoms with Crippen LogP contribution in [0.1, 0.15) is 43.5 Å². The molecule has 0 aliphatic rings. The van der Waals surface area contributed by atoms with Crippen LogP contribution in [0.3, 0.4) is 0 Å². The van der Waals surface area contributed by atoms with Gasteiger partial charge in [0.15, 0.2) is 5.78 Å². The number of carboxylic acids is 1. The molecule has 0 amide bonds. The van der Waals surface area contributed by atoms with Gasteiger partial charge in [0.2, 0.25) is 0 Å². The monoisotopic (exact) mass is 321 g/mol. The van der Waals surface area contributed by atoms with Gasteiger partial charge in [-0.1, -0.05) is 13.8 Å². The summed E-state index contributed by atoms with van der Waals surface area (Å²) in [6.07, 6.45) is 1.82. The maximum Gasteiger partial charge on any atom is 0.304 e. The lowest BCUT2D eigenvalue weighted by atomic mass is 9.93. The molecule has 1 rings (SSSR count). The summed E-state index contributed by atoms with van der Waals surface area (Å²) in [5.41, 5.74) is 0.532. The minimum absolute atomic E-state index is 0.118. The van der Waals surface area contributed by atoms with Crippen LogP contribution in [-0.4, -0.2) is 48.5 Å². The summed E-state index contributed by atoms with van der Waals surface area (Å²) >= 11 is 0. The Morgan fingerprint density at radius 1 is 1.13 bits per heavy atom. The van der Waals surface area contributed by atoms with Crippen molar-refractivity contribution in [2.75, 3.05) is 26.7 Å². The largest absolute Gasteiger partial charge is 0.497 e. The summed E-state index contributed by atoms with van der Waals surface area (Å²) in [5.74, 6) is -0.911. The van der Waals surface area contributed by atoms with Crippen molar-refractivity contribution < 1.29 is 19.4 Å². The molecular formula is C18H27NO4. The van der Waals surface area contributed by atoms with Crippen LogP contribution in [-0.2, 0) is 4.79 Å². The lowest BCUT2D eigenvalue weighted by Gasteiger charge is -2.25. The Morgan fingerprint density at radius 3 is 2.13 bits per heavy atom. The maximum atomic E-state index is 12.7. The van der Waals surface area contributed by atoms with Gasteiger partial charge in [-0.3, -0.25) is 9.59 Å². The second-order valence-corrected chi connectivity index (χ2v) is 5.69. The van der Waals surface area contributed by atoms with Crippen LogP contribution >= 0.6 is 0 Å². The molecule has 0 fully saturated rings. The molecule has 1 unspecified atom stereocenters. The number of carboxylic acid groups (broad SMARTS) is 1. The molecule has 1 aromatic carbocycles. The van der Waals surface area contributed by atoms with Crippen LogP contribution < -0.4 is 4.74 Å². The van der Waals surface area contributed by atoms with Gasteiger partial charge in [-0.05, 0) is 50.2 Å². The molecule has 5 nitrogen and oxygen atoms in total. The Morgan fingerprint density at radius 2 is 1.70 bits per heavy atom. The van der Waals surface area contributed by atoms with E-state index in [0.29, 0.717) is 17.9 Å². The lowest BCUT2D eigenvalue weighted by molar-refractivity contribution is -0.137. The SMILES string of the molecule is CCCN(CCC)CC(CC(=O)O)C(=O)c1ccc(OC)cc1. The number of aliphatic carboxylic acids is 1. The Labute approximate surface area is 138 Å². The molecule has 0 bridgehead atoms. The minimum atomic E-state index is -0.940. The van der Waals surface area contributed by atoms with E-state index < -0.39 is 11.9 Å². The van der Waals surface area contributed by atoms with E-state index in [9.17, 15) is 9.59 Å². The first-order valence-corrected chi connectivity index (χ1v) is 8.14. The van der Waals surface area contributed by atoms with Gasteiger partial charge in [-0.25, -0.2) is 0 Å². The van der Waals surface area contributed by atoms with E-state index in [1.807, 2.05) is 0 Å². The number of hydrogen-bond donors (Lipinski definition) is 1. The molecule has 23 heavy (non-hydrogen) atoms. The van der Waals surface area contributed by atoms with Crippen LogP contribution in [0, 0.1) is 5.92 Å². The summed E-state index contributed by atoms with van der Waals surface area (Å²) in [7, 11) is 1.57. The summed E-state index contributed by atoms with van der Waals surface area (Å²) in [4.78, 5) is 26.0. The van der Waals surface area contributed by atoms with Crippen molar-refractivity contribution in [3.63, 3.8) is 0 Å². The molecule has 0 aromatic heterocycles. The Bertz CT molecular complexity index is 492. The number of methoxy groups -OCH3 is 1. The van der Waals surface area contributed by atoms with Gasteiger partial charge in [-0.15, -0.1) is 0 Å². The normalized spacial score (nSPS) is 12.2. The van der Waals surface area contributed by atoms with Crippen LogP contribution in [0.25, 0.3) is 0 Å². The van der Waals surface area contributed by atoms with Gasteiger partial charge in [0, 0.05) is 18.0 Å². The molecular weight excluding hydrogens is 294 g/mol. The number of carbonyl (C=O) groups is 2. The third-order valence-corrected chi connectivity index (χ3v) is 3.72. The second kappa shape index (κ2) is 10.0. The standard InChI is InChI=1S/C18H27NO4/c1-4-10-19(11-5-2)13-15(12-17(20)21)18(22)14-6-8-16(23-3)9-7-14/h6-9,15H,4-5,10-13H2,1-3H3,(H,20,21). The Kier molecular flexibility index (Phi) is 8.33. The van der Waals surface area contributed by atoms with Crippen LogP contribution in [0.5, 0.6) is 5.75 Å². The Balaban J connectivity index is 2.89. The number of ether oxygens (including phenoxy) is 1. The average molecular weight is 321 g/mol. The van der Waals surface area contributed by atoms with E-state index in [-0.39, 0.29) is 12.2 Å². The minimum Gasteiger partial charge on any atom is -0.497 e. The number of carbonyl (C=O) groups excluding carboxylic acids is 1. The maximum absolute atomic E-state index is 12.7. The van der Waals surface area contributed by atoms with E-state index in [1.165, 1.54) is 0 Å². The van der Waals surface area contributed by atoms with Gasteiger partial charge in [-0.2, -0.15) is 0 Å². The zero-order valence-corrected chi connectivity index (χ0v) is 14.2. The summed E-state index contributed by atoms with van der Waals surface area (Å²) in [6, 6.07) is 6.84. The molecule has 1 N–H and O–H groups in total. The molecule has 0 spiro atoms. The van der Waals surface area contributed by atoms with Gasteiger partial charge < -0.3 is 14.7 Å². The first-order valence-electron chi connectivity index (χ1n) is 8.14. The van der Waals surface area contributed by atoms with Crippen LogP contribution in [0.2, 0.25) is 0 Å². The average Bonchev–Trinajstić information content (AvgIpc) is 2.53. The third-order valence-electron chi connectivity index (χ3n) is 3.72. The number of Topliss-reactive ketones (excluding diaryl/α,β-unsaturated/α-hetero) is 1. The highest BCUT2D eigenvalue weighted by Crippen LogP contribution is 2.18. The molecule has 0 aliphatic heterocycles. The highest BCUT2D eigenvalue weighted by Gasteiger charge is 2.25. The predicted molar refractivity (Wildman–Crippen MR) is 90.1 cm³/mol. The molecule has 0 saturated carbocycles. The van der Waals surface area contributed by atoms with Crippen molar-refractivity contribution >= 4 is 11.8 Å². The molecule has 128 valence electrons. The summed E-state index contributed by atoms with van der Waals surface area (Å²) < 4.78 is 5.09. The molecule has 0 aliphatic carbocycles. The van der Waals surface area contributed by atoms with Crippen LogP contribution in [0.15, 0.2) is 24.3 Å². The van der Waals surface area contributed by atoms with E-state index in [1.54, 1.807) is 31.4 Å². The Hall–Kier alpha value is -1.88. The van der Waals surface area contributed by atoms with Gasteiger partial charge in [0.25, 0.3) is 0 Å². The van der Waals surface area contributed by atoms with Crippen molar-refractivity contribution in [3.8, 4) is 5.75 Å². The molecule has 1 aromatic rings. The van der Waals surface area contributed by atoms with Crippen molar-refractivity contribution in [3.05, 3.63) is 29.8 Å². The van der Waals surface area contributed by atoms with Gasteiger partial charge >= 0.3 is 5.97 Å². The molecule has 1 atom stereocenters. The van der Waals surface area contributed by atoms with E-state index in [2.05, 4.69) is 18.7 Å². The first kappa shape index (κ1) is 19.2. The third kappa shape index (κ3) is 6.40. The smallest absolute Gasteiger partial charge is 0.304 e. The zero-order valence-electron chi connectivity index (χ0n) is 14.2. The van der Waals surface area contributed by atoms with Gasteiger partial charge in [0.1, 0.15) is 5.75 Å². The number of benzene rings is 1. The van der Waals surface area contributed by atoms with E-state index >= 15 is 0 Å². The van der Waals surface area contributed by atoms with Crippen molar-refractivity contribution in [2.24, 2.45) is 5.92 Å². The number of nitrogens with zero attached hydrogens (tertiary/aromatic N) is 1. The zero-order chi connectivity index (χ0) is 17.2.